The number of ether oxygens (including phenoxy) is 1. The van der Waals surface area contributed by atoms with Crippen LogP contribution in [0.1, 0.15) is 78.8 Å². The maximum absolute atomic E-state index is 7.19. The molecule has 7 heteroatoms. The van der Waals surface area contributed by atoms with E-state index in [9.17, 15) is 0 Å². The molecule has 3 nitrogen and oxygen atoms in total. The zero-order chi connectivity index (χ0) is 28.4. The Bertz CT molecular complexity index is 1730. The first-order valence-corrected chi connectivity index (χ1v) is 16.6. The minimum Gasteiger partial charge on any atom is -0.455 e. The lowest BCUT2D eigenvalue weighted by atomic mass is 9.84. The van der Waals surface area contributed by atoms with Crippen molar-refractivity contribution in [3.63, 3.8) is 0 Å². The molecule has 4 aliphatic rings. The lowest BCUT2D eigenvalue weighted by Crippen LogP contribution is -2.36. The van der Waals surface area contributed by atoms with Gasteiger partial charge in [0.05, 0.1) is 25.7 Å². The number of fused-ring (bicyclic) bond motifs is 4. The summed E-state index contributed by atoms with van der Waals surface area (Å²) in [7, 11) is 2.23. The van der Waals surface area contributed by atoms with Gasteiger partial charge in [-0.3, -0.25) is 0 Å². The molecule has 3 aromatic carbocycles. The van der Waals surface area contributed by atoms with Gasteiger partial charge in [-0.15, -0.1) is 0 Å². The molecular weight excluding hydrogens is 594 g/mol. The van der Waals surface area contributed by atoms with E-state index in [1.54, 1.807) is 0 Å². The average Bonchev–Trinajstić information content (AvgIpc) is 3.29. The molecular formula is C34H35Cl4N2O+. The number of hydrogen-bond acceptors (Lipinski definition) is 2. The predicted octanol–water partition coefficient (Wildman–Crippen LogP) is 8.15. The molecule has 0 spiro atoms. The van der Waals surface area contributed by atoms with E-state index >= 15 is 0 Å². The van der Waals surface area contributed by atoms with Crippen LogP contribution in [0, 0.1) is 0 Å². The molecule has 214 valence electrons. The maximum Gasteiger partial charge on any atom is 0.209 e. The summed E-state index contributed by atoms with van der Waals surface area (Å²) >= 11 is 26.9. The molecule has 4 heterocycles. The van der Waals surface area contributed by atoms with Gasteiger partial charge in [-0.05, 0) is 75.1 Å². The molecule has 0 aliphatic carbocycles. The van der Waals surface area contributed by atoms with E-state index in [2.05, 4.69) is 35.6 Å². The molecule has 0 unspecified atom stereocenters. The van der Waals surface area contributed by atoms with Crippen molar-refractivity contribution in [3.05, 3.63) is 82.2 Å². The summed E-state index contributed by atoms with van der Waals surface area (Å²) in [5.41, 5.74) is 9.78. The second kappa shape index (κ2) is 11.0. The molecule has 0 saturated heterocycles. The molecule has 0 atom stereocenters. The Morgan fingerprint density at radius 3 is 2.41 bits per heavy atom. The van der Waals surface area contributed by atoms with Gasteiger partial charge in [0.15, 0.2) is 0 Å². The largest absolute Gasteiger partial charge is 0.455 e. The molecule has 3 aromatic rings. The number of aryl methyl sites for hydroxylation is 2. The highest BCUT2D eigenvalue weighted by Crippen LogP contribution is 2.50. The molecule has 0 aromatic heterocycles. The summed E-state index contributed by atoms with van der Waals surface area (Å²) in [5.74, 6) is 1.94. The predicted molar refractivity (Wildman–Crippen MR) is 173 cm³/mol. The number of halogens is 4. The zero-order valence-corrected chi connectivity index (χ0v) is 26.8. The Morgan fingerprint density at radius 1 is 0.805 bits per heavy atom. The van der Waals surface area contributed by atoms with Gasteiger partial charge in [0.25, 0.3) is 0 Å². The van der Waals surface area contributed by atoms with Crippen molar-refractivity contribution in [1.82, 2.24) is 4.58 Å². The van der Waals surface area contributed by atoms with Crippen molar-refractivity contribution in [2.45, 2.75) is 71.1 Å². The molecule has 7 rings (SSSR count). The lowest BCUT2D eigenvalue weighted by molar-refractivity contribution is 0.453. The van der Waals surface area contributed by atoms with E-state index in [0.29, 0.717) is 15.1 Å². The number of nitrogens with zero attached hydrogens (tertiary/aromatic N) is 2. The normalized spacial score (nSPS) is 17.7. The van der Waals surface area contributed by atoms with E-state index in [0.717, 1.165) is 91.6 Å². The Labute approximate surface area is 262 Å². The molecule has 0 saturated carbocycles. The Kier molecular flexibility index (Phi) is 7.47. The van der Waals surface area contributed by atoms with Gasteiger partial charge in [0, 0.05) is 58.2 Å². The molecule has 0 fully saturated rings. The van der Waals surface area contributed by atoms with Crippen molar-refractivity contribution in [2.75, 3.05) is 31.6 Å². The van der Waals surface area contributed by atoms with E-state index in [1.807, 2.05) is 6.07 Å². The molecule has 0 bridgehead atoms. The zero-order valence-electron chi connectivity index (χ0n) is 23.7. The van der Waals surface area contributed by atoms with Crippen LogP contribution in [0.5, 0.6) is 11.5 Å². The summed E-state index contributed by atoms with van der Waals surface area (Å²) in [5, 5.41) is 3.85. The average molecular weight is 629 g/mol. The molecule has 4 aliphatic heterocycles. The van der Waals surface area contributed by atoms with Crippen LogP contribution in [-0.2, 0) is 25.7 Å². The van der Waals surface area contributed by atoms with Gasteiger partial charge in [0.1, 0.15) is 25.1 Å². The fraction of sp³-hybridized carbons (Fsp3) is 0.441. The Hall–Kier alpha value is -1.91. The summed E-state index contributed by atoms with van der Waals surface area (Å²) in [6, 6.07) is 6.63. The van der Waals surface area contributed by atoms with Gasteiger partial charge in [-0.25, -0.2) is 4.58 Å². The fourth-order valence-electron chi connectivity index (χ4n) is 7.58. The van der Waals surface area contributed by atoms with Crippen LogP contribution in [0.4, 0.5) is 5.69 Å². The van der Waals surface area contributed by atoms with E-state index in [-0.39, 0.29) is 5.02 Å². The van der Waals surface area contributed by atoms with Crippen LogP contribution < -0.4 is 24.8 Å². The second-order valence-corrected chi connectivity index (χ2v) is 13.5. The third-order valence-electron chi connectivity index (χ3n) is 9.34. The topological polar surface area (TPSA) is 15.5 Å². The van der Waals surface area contributed by atoms with Crippen molar-refractivity contribution in [2.24, 2.45) is 0 Å². The Balaban J connectivity index is 1.66. The van der Waals surface area contributed by atoms with Crippen molar-refractivity contribution in [3.8, 4) is 11.5 Å². The standard InChI is InChI=1S/C34H35Cl4N2O/c1-3-9-21-31-19(10-4-6-13-39(31)2)16-24-27(23-18-26(35)29(37)30(38)28(23)36)25-17-20-11-5-7-14-40-15-8-12-22(32(20)40)34(25)41-33(21)24/h16-18H,3-15H2,1-2H3/q+1. The summed E-state index contributed by atoms with van der Waals surface area (Å²) in [4.78, 5) is 2.60. The lowest BCUT2D eigenvalue weighted by Gasteiger charge is -2.35. The SMILES string of the molecule is CCCc1c2c(cc3c1=[N+](C)CCCC3)=C(c1cc(Cl)c(Cl)c(Cl)c1Cl)c1cc3c4c(c1O2)CCCN4CCCC3. The van der Waals surface area contributed by atoms with Gasteiger partial charge < -0.3 is 9.64 Å². The third kappa shape index (κ3) is 4.49. The smallest absolute Gasteiger partial charge is 0.209 e. The second-order valence-electron chi connectivity index (χ2n) is 12.0. The van der Waals surface area contributed by atoms with E-state index in [1.165, 1.54) is 59.0 Å². The molecule has 41 heavy (non-hydrogen) atoms. The van der Waals surface area contributed by atoms with Crippen LogP contribution >= 0.6 is 46.4 Å². The highest BCUT2D eigenvalue weighted by Gasteiger charge is 2.35. The van der Waals surface area contributed by atoms with Gasteiger partial charge in [-0.2, -0.15) is 0 Å². The molecule has 0 radical (unpaired) electrons. The first-order chi connectivity index (χ1) is 19.9. The van der Waals surface area contributed by atoms with E-state index < -0.39 is 0 Å². The van der Waals surface area contributed by atoms with Crippen LogP contribution in [0.25, 0.3) is 5.57 Å². The highest BCUT2D eigenvalue weighted by atomic mass is 35.5. The molecule has 0 N–H and O–H groups in total. The van der Waals surface area contributed by atoms with Gasteiger partial charge in [-0.1, -0.05) is 59.7 Å². The summed E-state index contributed by atoms with van der Waals surface area (Å²) < 4.78 is 9.64. The fourth-order valence-corrected chi connectivity index (χ4v) is 8.48. The van der Waals surface area contributed by atoms with Gasteiger partial charge >= 0.3 is 0 Å². The van der Waals surface area contributed by atoms with Crippen molar-refractivity contribution in [1.29, 1.82) is 0 Å². The Morgan fingerprint density at radius 2 is 1.59 bits per heavy atom. The summed E-state index contributed by atoms with van der Waals surface area (Å²) in [6.07, 6.45) is 11.0. The summed E-state index contributed by atoms with van der Waals surface area (Å²) in [6.45, 7) is 5.53. The minimum atomic E-state index is 0.290. The van der Waals surface area contributed by atoms with Crippen molar-refractivity contribution >= 4 is 57.7 Å². The van der Waals surface area contributed by atoms with Crippen LogP contribution in [-0.4, -0.2) is 26.7 Å². The number of benzene rings is 3. The molecule has 0 amide bonds. The first-order valence-electron chi connectivity index (χ1n) is 15.1. The van der Waals surface area contributed by atoms with Gasteiger partial charge in [0.2, 0.25) is 5.36 Å². The number of rotatable bonds is 3. The van der Waals surface area contributed by atoms with Crippen LogP contribution in [0.3, 0.4) is 0 Å². The van der Waals surface area contributed by atoms with Crippen LogP contribution in [0.15, 0.2) is 18.2 Å². The quantitative estimate of drug-likeness (QED) is 0.129. The third-order valence-corrected chi connectivity index (χ3v) is 11.1. The maximum atomic E-state index is 7.19. The highest BCUT2D eigenvalue weighted by molar-refractivity contribution is 6.52. The first kappa shape index (κ1) is 27.9. The monoisotopic (exact) mass is 627 g/mol. The number of anilines is 1. The van der Waals surface area contributed by atoms with E-state index in [4.69, 9.17) is 51.1 Å². The van der Waals surface area contributed by atoms with Crippen molar-refractivity contribution < 1.29 is 4.74 Å². The van der Waals surface area contributed by atoms with Crippen LogP contribution in [0.2, 0.25) is 20.1 Å². The minimum absolute atomic E-state index is 0.290. The number of hydrogen-bond donors (Lipinski definition) is 0.